The minimum atomic E-state index is -1.05. The lowest BCUT2D eigenvalue weighted by Gasteiger charge is -2.23. The molecule has 0 saturated carbocycles. The number of rotatable bonds is 11. The van der Waals surface area contributed by atoms with E-state index in [0.29, 0.717) is 13.2 Å². The van der Waals surface area contributed by atoms with Crippen LogP contribution in [0.1, 0.15) is 33.6 Å². The maximum atomic E-state index is 12.1. The fraction of sp³-hybridized carbons (Fsp3) is 0.800. The lowest BCUT2D eigenvalue weighted by atomic mass is 10.1. The van der Waals surface area contributed by atoms with Gasteiger partial charge in [-0.3, -0.25) is 9.59 Å². The van der Waals surface area contributed by atoms with Crippen molar-refractivity contribution in [1.82, 2.24) is 10.6 Å². The Labute approximate surface area is 142 Å². The molecule has 0 bridgehead atoms. The third-order valence-corrected chi connectivity index (χ3v) is 2.63. The molecular weight excluding hydrogens is 320 g/mol. The SMILES string of the molecule is COCCOCCNC(=O)[C@H](CCC(=O)O)NC(=O)OC(C)(C)C. The van der Waals surface area contributed by atoms with Gasteiger partial charge in [0.1, 0.15) is 11.6 Å². The normalized spacial score (nSPS) is 12.3. The third-order valence-electron chi connectivity index (χ3n) is 2.63. The molecule has 24 heavy (non-hydrogen) atoms. The summed E-state index contributed by atoms with van der Waals surface area (Å²) >= 11 is 0. The monoisotopic (exact) mass is 348 g/mol. The van der Waals surface area contributed by atoms with E-state index in [1.165, 1.54) is 0 Å². The summed E-state index contributed by atoms with van der Waals surface area (Å²) in [5.74, 6) is -1.54. The van der Waals surface area contributed by atoms with Crippen LogP contribution in [0.2, 0.25) is 0 Å². The number of carboxylic acid groups (broad SMARTS) is 1. The first kappa shape index (κ1) is 22.1. The number of ether oxygens (including phenoxy) is 3. The molecule has 0 rings (SSSR count). The van der Waals surface area contributed by atoms with Gasteiger partial charge in [0, 0.05) is 20.1 Å². The Hall–Kier alpha value is -1.87. The maximum absolute atomic E-state index is 12.1. The van der Waals surface area contributed by atoms with E-state index in [1.807, 2.05) is 0 Å². The van der Waals surface area contributed by atoms with E-state index >= 15 is 0 Å². The Morgan fingerprint density at radius 1 is 1.12 bits per heavy atom. The third kappa shape index (κ3) is 12.7. The van der Waals surface area contributed by atoms with Gasteiger partial charge in [-0.15, -0.1) is 0 Å². The Kier molecular flexibility index (Phi) is 10.7. The molecule has 9 nitrogen and oxygen atoms in total. The van der Waals surface area contributed by atoms with Gasteiger partial charge in [-0.05, 0) is 27.2 Å². The van der Waals surface area contributed by atoms with Crippen LogP contribution in [0.3, 0.4) is 0 Å². The molecule has 1 atom stereocenters. The molecule has 0 spiro atoms. The molecule has 0 aromatic heterocycles. The predicted molar refractivity (Wildman–Crippen MR) is 85.7 cm³/mol. The average molecular weight is 348 g/mol. The first-order valence-corrected chi connectivity index (χ1v) is 7.71. The highest BCUT2D eigenvalue weighted by Crippen LogP contribution is 2.08. The topological polar surface area (TPSA) is 123 Å². The summed E-state index contributed by atoms with van der Waals surface area (Å²) in [6.45, 7) is 6.46. The highest BCUT2D eigenvalue weighted by molar-refractivity contribution is 5.86. The standard InChI is InChI=1S/C15H28N2O7/c1-15(2,3)24-14(21)17-11(5-6-12(18)19)13(20)16-7-8-23-10-9-22-4/h11H,5-10H2,1-4H3,(H,16,20)(H,17,21)(H,18,19)/t11-/m0/s1. The van der Waals surface area contributed by atoms with Gasteiger partial charge in [0.2, 0.25) is 5.91 Å². The van der Waals surface area contributed by atoms with E-state index in [4.69, 9.17) is 19.3 Å². The fourth-order valence-electron chi connectivity index (χ4n) is 1.60. The number of alkyl carbamates (subject to hydrolysis) is 1. The number of carboxylic acids is 1. The summed E-state index contributed by atoms with van der Waals surface area (Å²) in [7, 11) is 1.56. The number of hydrogen-bond acceptors (Lipinski definition) is 6. The minimum absolute atomic E-state index is 0.0368. The van der Waals surface area contributed by atoms with E-state index in [9.17, 15) is 14.4 Å². The maximum Gasteiger partial charge on any atom is 0.408 e. The lowest BCUT2D eigenvalue weighted by molar-refractivity contribution is -0.137. The minimum Gasteiger partial charge on any atom is -0.481 e. The predicted octanol–water partition coefficient (Wildman–Crippen LogP) is 0.524. The summed E-state index contributed by atoms with van der Waals surface area (Å²) in [6.07, 6.45) is -1.06. The van der Waals surface area contributed by atoms with E-state index in [0.717, 1.165) is 0 Å². The number of aliphatic carboxylic acids is 1. The van der Waals surface area contributed by atoms with Gasteiger partial charge in [0.05, 0.1) is 19.8 Å². The molecular formula is C15H28N2O7. The number of carbonyl (C=O) groups excluding carboxylic acids is 2. The molecule has 2 amide bonds. The summed E-state index contributed by atoms with van der Waals surface area (Å²) in [6, 6.07) is -0.991. The van der Waals surface area contributed by atoms with Crippen LogP contribution >= 0.6 is 0 Å². The Bertz CT molecular complexity index is 407. The summed E-state index contributed by atoms with van der Waals surface area (Å²) in [5.41, 5.74) is -0.715. The molecule has 0 radical (unpaired) electrons. The molecule has 0 aliphatic carbocycles. The van der Waals surface area contributed by atoms with Crippen LogP contribution in [0.15, 0.2) is 0 Å². The Balaban J connectivity index is 4.39. The molecule has 0 unspecified atom stereocenters. The van der Waals surface area contributed by atoms with Crippen molar-refractivity contribution < 1.29 is 33.7 Å². The Morgan fingerprint density at radius 3 is 2.33 bits per heavy atom. The van der Waals surface area contributed by atoms with Crippen molar-refractivity contribution in [2.24, 2.45) is 0 Å². The van der Waals surface area contributed by atoms with Crippen LogP contribution in [-0.2, 0) is 23.8 Å². The first-order valence-electron chi connectivity index (χ1n) is 7.71. The second-order valence-electron chi connectivity index (χ2n) is 6.03. The van der Waals surface area contributed by atoms with Crippen molar-refractivity contribution in [3.05, 3.63) is 0 Å². The van der Waals surface area contributed by atoms with E-state index in [-0.39, 0.29) is 26.0 Å². The summed E-state index contributed by atoms with van der Waals surface area (Å²) in [5, 5.41) is 13.7. The van der Waals surface area contributed by atoms with Gasteiger partial charge in [-0.2, -0.15) is 0 Å². The largest absolute Gasteiger partial charge is 0.481 e. The van der Waals surface area contributed by atoms with E-state index in [2.05, 4.69) is 10.6 Å². The molecule has 0 aromatic rings. The van der Waals surface area contributed by atoms with Crippen molar-refractivity contribution in [2.75, 3.05) is 33.5 Å². The van der Waals surface area contributed by atoms with E-state index in [1.54, 1.807) is 27.9 Å². The van der Waals surface area contributed by atoms with Crippen LogP contribution in [0.25, 0.3) is 0 Å². The summed E-state index contributed by atoms with van der Waals surface area (Å²) < 4.78 is 15.1. The molecule has 9 heteroatoms. The van der Waals surface area contributed by atoms with Crippen LogP contribution in [-0.4, -0.2) is 68.2 Å². The molecule has 3 N–H and O–H groups in total. The number of amides is 2. The molecule has 0 saturated heterocycles. The van der Waals surface area contributed by atoms with Crippen molar-refractivity contribution in [2.45, 2.75) is 45.3 Å². The second kappa shape index (κ2) is 11.6. The van der Waals surface area contributed by atoms with Crippen LogP contribution in [0.4, 0.5) is 4.79 Å². The second-order valence-corrected chi connectivity index (χ2v) is 6.03. The zero-order valence-corrected chi connectivity index (χ0v) is 14.7. The van der Waals surface area contributed by atoms with Gasteiger partial charge in [-0.25, -0.2) is 4.79 Å². The van der Waals surface area contributed by atoms with Crippen LogP contribution in [0, 0.1) is 0 Å². The van der Waals surface area contributed by atoms with Gasteiger partial charge in [0.15, 0.2) is 0 Å². The molecule has 0 heterocycles. The van der Waals surface area contributed by atoms with Crippen LogP contribution in [0.5, 0.6) is 0 Å². The fourth-order valence-corrected chi connectivity index (χ4v) is 1.60. The van der Waals surface area contributed by atoms with Crippen molar-refractivity contribution in [1.29, 1.82) is 0 Å². The number of methoxy groups -OCH3 is 1. The smallest absolute Gasteiger partial charge is 0.408 e. The molecule has 0 aliphatic heterocycles. The average Bonchev–Trinajstić information content (AvgIpc) is 2.44. The van der Waals surface area contributed by atoms with Gasteiger partial charge in [-0.1, -0.05) is 0 Å². The molecule has 0 aliphatic rings. The van der Waals surface area contributed by atoms with Gasteiger partial charge >= 0.3 is 12.1 Å². The van der Waals surface area contributed by atoms with Gasteiger partial charge in [0.25, 0.3) is 0 Å². The zero-order chi connectivity index (χ0) is 18.6. The van der Waals surface area contributed by atoms with Crippen LogP contribution < -0.4 is 10.6 Å². The number of hydrogen-bond donors (Lipinski definition) is 3. The highest BCUT2D eigenvalue weighted by atomic mass is 16.6. The lowest BCUT2D eigenvalue weighted by Crippen LogP contribution is -2.49. The first-order chi connectivity index (χ1) is 11.2. The number of nitrogens with one attached hydrogen (secondary N) is 2. The van der Waals surface area contributed by atoms with Crippen molar-refractivity contribution in [3.63, 3.8) is 0 Å². The number of carbonyl (C=O) groups is 3. The van der Waals surface area contributed by atoms with E-state index < -0.39 is 29.6 Å². The molecule has 0 fully saturated rings. The summed E-state index contributed by atoms with van der Waals surface area (Å²) in [4.78, 5) is 34.6. The van der Waals surface area contributed by atoms with Crippen molar-refractivity contribution in [3.8, 4) is 0 Å². The van der Waals surface area contributed by atoms with Crippen molar-refractivity contribution >= 4 is 18.0 Å². The molecule has 140 valence electrons. The Morgan fingerprint density at radius 2 is 1.79 bits per heavy atom. The quantitative estimate of drug-likeness (QED) is 0.465. The zero-order valence-electron chi connectivity index (χ0n) is 14.7. The van der Waals surface area contributed by atoms with Gasteiger partial charge < -0.3 is 30.0 Å². The highest BCUT2D eigenvalue weighted by Gasteiger charge is 2.24. The molecule has 0 aromatic carbocycles.